The lowest BCUT2D eigenvalue weighted by atomic mass is 9.94. The molecule has 0 heterocycles. The summed E-state index contributed by atoms with van der Waals surface area (Å²) in [5.74, 6) is -1.08. The molecule has 0 bridgehead atoms. The van der Waals surface area contributed by atoms with Gasteiger partial charge in [0.2, 0.25) is 0 Å². The molecule has 1 atom stereocenters. The molecule has 94 valence electrons. The second kappa shape index (κ2) is 6.45. The molecule has 6 heteroatoms. The van der Waals surface area contributed by atoms with E-state index in [1.807, 2.05) is 0 Å². The highest BCUT2D eigenvalue weighted by atomic mass is 35.5. The van der Waals surface area contributed by atoms with Crippen LogP contribution in [-0.4, -0.2) is 17.6 Å². The largest absolute Gasteiger partial charge is 0.481 e. The van der Waals surface area contributed by atoms with Gasteiger partial charge in [0.25, 0.3) is 0 Å². The maximum atomic E-state index is 10.6. The van der Waals surface area contributed by atoms with E-state index < -0.39 is 5.97 Å². The van der Waals surface area contributed by atoms with Crippen molar-refractivity contribution in [3.8, 4) is 0 Å². The summed E-state index contributed by atoms with van der Waals surface area (Å²) in [7, 11) is 0. The summed E-state index contributed by atoms with van der Waals surface area (Å²) < 4.78 is 0. The molecule has 3 nitrogen and oxygen atoms in total. The minimum Gasteiger partial charge on any atom is -0.481 e. The monoisotopic (exact) mass is 295 g/mol. The fourth-order valence-electron chi connectivity index (χ4n) is 1.59. The lowest BCUT2D eigenvalue weighted by Gasteiger charge is -2.18. The van der Waals surface area contributed by atoms with Gasteiger partial charge < -0.3 is 10.8 Å². The first kappa shape index (κ1) is 14.6. The van der Waals surface area contributed by atoms with E-state index in [9.17, 15) is 4.79 Å². The van der Waals surface area contributed by atoms with Gasteiger partial charge in [0.15, 0.2) is 0 Å². The molecule has 0 amide bonds. The van der Waals surface area contributed by atoms with E-state index in [0.29, 0.717) is 27.1 Å². The number of rotatable bonds is 5. The van der Waals surface area contributed by atoms with Crippen LogP contribution in [0.5, 0.6) is 0 Å². The van der Waals surface area contributed by atoms with Crippen molar-refractivity contribution >= 4 is 40.8 Å². The molecule has 0 saturated heterocycles. The summed E-state index contributed by atoms with van der Waals surface area (Å²) in [6.07, 6.45) is 0.395. The van der Waals surface area contributed by atoms with Crippen molar-refractivity contribution < 1.29 is 9.90 Å². The fraction of sp³-hybridized carbons (Fsp3) is 0.364. The van der Waals surface area contributed by atoms with Gasteiger partial charge in [-0.05, 0) is 36.6 Å². The van der Waals surface area contributed by atoms with Crippen molar-refractivity contribution in [3.05, 3.63) is 32.8 Å². The summed E-state index contributed by atoms with van der Waals surface area (Å²) in [5.41, 5.74) is 6.25. The Labute approximate surface area is 114 Å². The molecule has 3 N–H and O–H groups in total. The molecule has 1 unspecified atom stereocenters. The molecule has 1 aromatic rings. The first-order valence-corrected chi connectivity index (χ1v) is 6.16. The van der Waals surface area contributed by atoms with E-state index >= 15 is 0 Å². The molecule has 0 aliphatic heterocycles. The van der Waals surface area contributed by atoms with E-state index in [1.165, 1.54) is 0 Å². The van der Waals surface area contributed by atoms with Crippen LogP contribution in [-0.2, 0) is 4.79 Å². The molecule has 1 rings (SSSR count). The summed E-state index contributed by atoms with van der Waals surface area (Å²) >= 11 is 18.0. The zero-order valence-corrected chi connectivity index (χ0v) is 11.2. The van der Waals surface area contributed by atoms with Crippen molar-refractivity contribution in [3.63, 3.8) is 0 Å². The Balaban J connectivity index is 3.02. The topological polar surface area (TPSA) is 63.3 Å². The van der Waals surface area contributed by atoms with Crippen molar-refractivity contribution in [1.29, 1.82) is 0 Å². The highest BCUT2D eigenvalue weighted by Crippen LogP contribution is 2.37. The number of benzene rings is 1. The van der Waals surface area contributed by atoms with Gasteiger partial charge in [-0.15, -0.1) is 0 Å². The normalized spacial score (nSPS) is 12.5. The number of hydrogen-bond acceptors (Lipinski definition) is 2. The molecular formula is C11H12Cl3NO2. The van der Waals surface area contributed by atoms with Gasteiger partial charge in [-0.3, -0.25) is 4.79 Å². The smallest absolute Gasteiger partial charge is 0.303 e. The van der Waals surface area contributed by atoms with E-state index in [4.69, 9.17) is 45.6 Å². The van der Waals surface area contributed by atoms with Crippen molar-refractivity contribution in [1.82, 2.24) is 0 Å². The van der Waals surface area contributed by atoms with Crippen LogP contribution in [0.4, 0.5) is 0 Å². The predicted molar refractivity (Wildman–Crippen MR) is 70.1 cm³/mol. The van der Waals surface area contributed by atoms with Crippen LogP contribution in [0.2, 0.25) is 15.1 Å². The van der Waals surface area contributed by atoms with Crippen LogP contribution in [0.15, 0.2) is 12.1 Å². The average Bonchev–Trinajstić information content (AvgIpc) is 2.28. The quantitative estimate of drug-likeness (QED) is 0.817. The van der Waals surface area contributed by atoms with Crippen LogP contribution < -0.4 is 5.73 Å². The van der Waals surface area contributed by atoms with E-state index in [-0.39, 0.29) is 18.9 Å². The molecular weight excluding hydrogens is 284 g/mol. The Morgan fingerprint density at radius 3 is 2.41 bits per heavy atom. The molecule has 0 aromatic heterocycles. The molecule has 1 aromatic carbocycles. The maximum Gasteiger partial charge on any atom is 0.303 e. The average molecular weight is 297 g/mol. The number of carbonyl (C=O) groups is 1. The number of carboxylic acid groups (broad SMARTS) is 1. The maximum absolute atomic E-state index is 10.6. The Bertz CT molecular complexity index is 423. The SMILES string of the molecule is NCC(CCC(=O)O)c1c(Cl)ccc(Cl)c1Cl. The first-order valence-electron chi connectivity index (χ1n) is 5.02. The summed E-state index contributed by atoms with van der Waals surface area (Å²) in [6.45, 7) is 0.271. The van der Waals surface area contributed by atoms with E-state index in [1.54, 1.807) is 12.1 Å². The predicted octanol–water partition coefficient (Wildman–Crippen LogP) is 3.55. The fourth-order valence-corrected chi connectivity index (χ4v) is 2.44. The second-order valence-corrected chi connectivity index (χ2v) is 4.81. The van der Waals surface area contributed by atoms with Crippen LogP contribution >= 0.6 is 34.8 Å². The van der Waals surface area contributed by atoms with Gasteiger partial charge in [-0.1, -0.05) is 34.8 Å². The highest BCUT2D eigenvalue weighted by molar-refractivity contribution is 6.44. The summed E-state index contributed by atoms with van der Waals surface area (Å²) in [4.78, 5) is 10.6. The third-order valence-corrected chi connectivity index (χ3v) is 3.63. The minimum atomic E-state index is -0.877. The van der Waals surface area contributed by atoms with Crippen LogP contribution in [0.3, 0.4) is 0 Å². The van der Waals surface area contributed by atoms with Gasteiger partial charge in [0.05, 0.1) is 10.0 Å². The van der Waals surface area contributed by atoms with Gasteiger partial charge in [0.1, 0.15) is 0 Å². The van der Waals surface area contributed by atoms with Crippen molar-refractivity contribution in [2.45, 2.75) is 18.8 Å². The lowest BCUT2D eigenvalue weighted by molar-refractivity contribution is -0.137. The van der Waals surface area contributed by atoms with E-state index in [2.05, 4.69) is 0 Å². The zero-order valence-electron chi connectivity index (χ0n) is 8.92. The Morgan fingerprint density at radius 1 is 1.29 bits per heavy atom. The van der Waals surface area contributed by atoms with E-state index in [0.717, 1.165) is 0 Å². The third kappa shape index (κ3) is 3.75. The minimum absolute atomic E-state index is 0.0149. The number of carboxylic acids is 1. The summed E-state index contributed by atoms with van der Waals surface area (Å²) in [6, 6.07) is 3.23. The molecule has 0 spiro atoms. The lowest BCUT2D eigenvalue weighted by Crippen LogP contribution is -2.15. The molecule has 0 fully saturated rings. The summed E-state index contributed by atoms with van der Waals surface area (Å²) in [5, 5.41) is 9.86. The first-order chi connectivity index (χ1) is 7.97. The van der Waals surface area contributed by atoms with Gasteiger partial charge in [-0.2, -0.15) is 0 Å². The van der Waals surface area contributed by atoms with Crippen LogP contribution in [0.1, 0.15) is 24.3 Å². The van der Waals surface area contributed by atoms with Crippen molar-refractivity contribution in [2.75, 3.05) is 6.54 Å². The molecule has 17 heavy (non-hydrogen) atoms. The molecule has 0 saturated carbocycles. The highest BCUT2D eigenvalue weighted by Gasteiger charge is 2.19. The van der Waals surface area contributed by atoms with Gasteiger partial charge >= 0.3 is 5.97 Å². The third-order valence-electron chi connectivity index (χ3n) is 2.48. The molecule has 0 radical (unpaired) electrons. The Morgan fingerprint density at radius 2 is 1.88 bits per heavy atom. The number of nitrogens with two attached hydrogens (primary N) is 1. The second-order valence-electron chi connectivity index (χ2n) is 3.62. The molecule has 0 aliphatic carbocycles. The number of halogens is 3. The molecule has 0 aliphatic rings. The standard InChI is InChI=1S/C11H12Cl3NO2/c12-7-2-3-8(13)11(14)10(7)6(5-15)1-4-9(16)17/h2-3,6H,1,4-5,15H2,(H,16,17). The Kier molecular flexibility index (Phi) is 5.53. The number of hydrogen-bond donors (Lipinski definition) is 2. The van der Waals surface area contributed by atoms with Crippen LogP contribution in [0, 0.1) is 0 Å². The van der Waals surface area contributed by atoms with Crippen LogP contribution in [0.25, 0.3) is 0 Å². The van der Waals surface area contributed by atoms with Crippen molar-refractivity contribution in [2.24, 2.45) is 5.73 Å². The Hall–Kier alpha value is -0.480. The van der Waals surface area contributed by atoms with Gasteiger partial charge in [0, 0.05) is 11.4 Å². The zero-order chi connectivity index (χ0) is 13.0. The van der Waals surface area contributed by atoms with Gasteiger partial charge in [-0.25, -0.2) is 0 Å². The number of aliphatic carboxylic acids is 1.